The maximum absolute atomic E-state index is 11.9. The lowest BCUT2D eigenvalue weighted by atomic mass is 10.1. The van der Waals surface area contributed by atoms with Crippen molar-refractivity contribution in [1.82, 2.24) is 0 Å². The van der Waals surface area contributed by atoms with Crippen LogP contribution in [0.2, 0.25) is 10.0 Å². The predicted octanol–water partition coefficient (Wildman–Crippen LogP) is 3.57. The van der Waals surface area contributed by atoms with Crippen molar-refractivity contribution in [1.29, 1.82) is 5.26 Å². The van der Waals surface area contributed by atoms with Gasteiger partial charge in [0.15, 0.2) is 6.61 Å². The minimum absolute atomic E-state index is 0.0601. The number of nitro benzene ring substituents is 1. The highest BCUT2D eigenvalue weighted by atomic mass is 35.5. The number of amides is 1. The molecule has 0 saturated heterocycles. The largest absolute Gasteiger partial charge is 0.452 e. The Hall–Kier alpha value is -3.15. The molecule has 8 nitrogen and oxygen atoms in total. The van der Waals surface area contributed by atoms with Gasteiger partial charge in [0.25, 0.3) is 11.6 Å². The van der Waals surface area contributed by atoms with Gasteiger partial charge in [-0.3, -0.25) is 14.9 Å². The summed E-state index contributed by atoms with van der Waals surface area (Å²) in [5, 5.41) is 22.5. The van der Waals surface area contributed by atoms with E-state index in [0.717, 1.165) is 12.1 Å². The maximum Gasteiger partial charge on any atom is 0.338 e. The van der Waals surface area contributed by atoms with Crippen LogP contribution in [0.3, 0.4) is 0 Å². The molecule has 0 bridgehead atoms. The molecule has 0 fully saturated rings. The third-order valence-electron chi connectivity index (χ3n) is 3.04. The van der Waals surface area contributed by atoms with Crippen molar-refractivity contribution < 1.29 is 19.2 Å². The Labute approximate surface area is 157 Å². The summed E-state index contributed by atoms with van der Waals surface area (Å²) in [6, 6.07) is 9.21. The van der Waals surface area contributed by atoms with E-state index < -0.39 is 23.4 Å². The van der Waals surface area contributed by atoms with Crippen molar-refractivity contribution in [3.05, 3.63) is 67.7 Å². The lowest BCUT2D eigenvalue weighted by Gasteiger charge is -2.08. The van der Waals surface area contributed by atoms with E-state index in [1.165, 1.54) is 24.3 Å². The molecular weight excluding hydrogens is 385 g/mol. The number of ether oxygens (including phenoxy) is 1. The number of nitrogens with one attached hydrogen (secondary N) is 1. The first-order chi connectivity index (χ1) is 12.3. The normalized spacial score (nSPS) is 9.88. The lowest BCUT2D eigenvalue weighted by molar-refractivity contribution is -0.384. The van der Waals surface area contributed by atoms with Crippen LogP contribution in [0.5, 0.6) is 0 Å². The first-order valence-corrected chi connectivity index (χ1v) is 7.67. The number of non-ortho nitro benzene ring substituents is 1. The second kappa shape index (κ2) is 8.29. The van der Waals surface area contributed by atoms with Gasteiger partial charge in [-0.2, -0.15) is 5.26 Å². The second-order valence-electron chi connectivity index (χ2n) is 4.88. The zero-order valence-electron chi connectivity index (χ0n) is 12.9. The molecule has 1 amide bonds. The Balaban J connectivity index is 2.02. The molecule has 0 aliphatic heterocycles. The Morgan fingerprint density at radius 1 is 1.19 bits per heavy atom. The van der Waals surface area contributed by atoms with Gasteiger partial charge in [-0.1, -0.05) is 23.2 Å². The quantitative estimate of drug-likeness (QED) is 0.470. The third kappa shape index (κ3) is 4.92. The van der Waals surface area contributed by atoms with Crippen LogP contribution in [0.25, 0.3) is 0 Å². The molecule has 0 aliphatic rings. The fraction of sp³-hybridized carbons (Fsp3) is 0.0625. The summed E-state index contributed by atoms with van der Waals surface area (Å²) in [4.78, 5) is 33.8. The SMILES string of the molecule is N#Cc1cc([N+](=O)[O-])ccc1NC(=O)COC(=O)c1cc(Cl)cc(Cl)c1. The molecule has 0 heterocycles. The molecule has 26 heavy (non-hydrogen) atoms. The van der Waals surface area contributed by atoms with Crippen LogP contribution < -0.4 is 5.32 Å². The maximum atomic E-state index is 11.9. The van der Waals surface area contributed by atoms with Crippen molar-refractivity contribution >= 4 is 46.5 Å². The van der Waals surface area contributed by atoms with Gasteiger partial charge < -0.3 is 10.1 Å². The van der Waals surface area contributed by atoms with Crippen molar-refractivity contribution in [2.24, 2.45) is 0 Å². The molecule has 2 rings (SSSR count). The van der Waals surface area contributed by atoms with Gasteiger partial charge in [0, 0.05) is 22.2 Å². The van der Waals surface area contributed by atoms with E-state index in [9.17, 15) is 19.7 Å². The molecule has 0 unspecified atom stereocenters. The minimum atomic E-state index is -0.811. The van der Waals surface area contributed by atoms with Crippen LogP contribution in [0, 0.1) is 21.4 Å². The number of esters is 1. The summed E-state index contributed by atoms with van der Waals surface area (Å²) >= 11 is 11.6. The Morgan fingerprint density at radius 3 is 2.42 bits per heavy atom. The van der Waals surface area contributed by atoms with Gasteiger partial charge in [-0.05, 0) is 24.3 Å². The summed E-state index contributed by atoms with van der Waals surface area (Å²) < 4.78 is 4.85. The Bertz CT molecular complexity index is 920. The fourth-order valence-electron chi connectivity index (χ4n) is 1.92. The van der Waals surface area contributed by atoms with E-state index in [2.05, 4.69) is 5.32 Å². The van der Waals surface area contributed by atoms with Crippen molar-refractivity contribution in [2.75, 3.05) is 11.9 Å². The first-order valence-electron chi connectivity index (χ1n) is 6.92. The molecule has 0 radical (unpaired) electrons. The number of rotatable bonds is 5. The first kappa shape index (κ1) is 19.2. The van der Waals surface area contributed by atoms with Crippen molar-refractivity contribution in [3.63, 3.8) is 0 Å². The van der Waals surface area contributed by atoms with E-state index in [1.807, 2.05) is 0 Å². The summed E-state index contributed by atoms with van der Waals surface area (Å²) in [5.74, 6) is -1.54. The molecule has 0 saturated carbocycles. The molecule has 0 atom stereocenters. The van der Waals surface area contributed by atoms with E-state index in [0.29, 0.717) is 0 Å². The number of nitriles is 1. The molecule has 0 aliphatic carbocycles. The Kier molecular flexibility index (Phi) is 6.11. The number of carbonyl (C=O) groups is 2. The van der Waals surface area contributed by atoms with Crippen LogP contribution in [-0.2, 0) is 9.53 Å². The molecule has 2 aromatic carbocycles. The second-order valence-corrected chi connectivity index (χ2v) is 5.75. The zero-order valence-corrected chi connectivity index (χ0v) is 14.4. The number of hydrogen-bond acceptors (Lipinski definition) is 6. The molecule has 132 valence electrons. The van der Waals surface area contributed by atoms with Gasteiger partial charge in [0.2, 0.25) is 0 Å². The van der Waals surface area contributed by atoms with Crippen molar-refractivity contribution in [2.45, 2.75) is 0 Å². The zero-order chi connectivity index (χ0) is 19.3. The third-order valence-corrected chi connectivity index (χ3v) is 3.48. The lowest BCUT2D eigenvalue weighted by Crippen LogP contribution is -2.21. The summed E-state index contributed by atoms with van der Waals surface area (Å²) in [6.45, 7) is -0.634. The summed E-state index contributed by atoms with van der Waals surface area (Å²) in [7, 11) is 0. The molecule has 10 heteroatoms. The average molecular weight is 394 g/mol. The number of nitro groups is 1. The molecule has 0 spiro atoms. The molecule has 1 N–H and O–H groups in total. The minimum Gasteiger partial charge on any atom is -0.452 e. The van der Waals surface area contributed by atoms with Crippen LogP contribution in [0.15, 0.2) is 36.4 Å². The van der Waals surface area contributed by atoms with E-state index >= 15 is 0 Å². The molecule has 2 aromatic rings. The van der Waals surface area contributed by atoms with E-state index in [4.69, 9.17) is 33.2 Å². The molecular formula is C16H9Cl2N3O5. The summed E-state index contributed by atoms with van der Waals surface area (Å²) in [6.07, 6.45) is 0. The van der Waals surface area contributed by atoms with Gasteiger partial charge in [0.1, 0.15) is 6.07 Å². The number of halogens is 2. The van der Waals surface area contributed by atoms with Crippen LogP contribution in [0.4, 0.5) is 11.4 Å². The van der Waals surface area contributed by atoms with Gasteiger partial charge in [-0.15, -0.1) is 0 Å². The predicted molar refractivity (Wildman–Crippen MR) is 93.2 cm³/mol. The average Bonchev–Trinajstić information content (AvgIpc) is 2.58. The number of hydrogen-bond donors (Lipinski definition) is 1. The smallest absolute Gasteiger partial charge is 0.338 e. The summed E-state index contributed by atoms with van der Waals surface area (Å²) in [5.41, 5.74) is -0.252. The number of anilines is 1. The number of nitrogens with zero attached hydrogens (tertiary/aromatic N) is 2. The number of carbonyl (C=O) groups excluding carboxylic acids is 2. The van der Waals surface area contributed by atoms with Crippen LogP contribution in [-0.4, -0.2) is 23.4 Å². The highest BCUT2D eigenvalue weighted by Gasteiger charge is 2.15. The topological polar surface area (TPSA) is 122 Å². The highest BCUT2D eigenvalue weighted by molar-refractivity contribution is 6.35. The van der Waals surface area contributed by atoms with E-state index in [-0.39, 0.29) is 32.5 Å². The van der Waals surface area contributed by atoms with Crippen molar-refractivity contribution in [3.8, 4) is 6.07 Å². The number of benzene rings is 2. The van der Waals surface area contributed by atoms with Gasteiger partial charge >= 0.3 is 5.97 Å². The van der Waals surface area contributed by atoms with Crippen LogP contribution >= 0.6 is 23.2 Å². The van der Waals surface area contributed by atoms with Gasteiger partial charge in [0.05, 0.1) is 21.7 Å². The molecule has 0 aromatic heterocycles. The van der Waals surface area contributed by atoms with E-state index in [1.54, 1.807) is 6.07 Å². The fourth-order valence-corrected chi connectivity index (χ4v) is 2.45. The van der Waals surface area contributed by atoms with Gasteiger partial charge in [-0.25, -0.2) is 4.79 Å². The van der Waals surface area contributed by atoms with Crippen LogP contribution in [0.1, 0.15) is 15.9 Å². The monoisotopic (exact) mass is 393 g/mol. The Morgan fingerprint density at radius 2 is 1.85 bits per heavy atom. The standard InChI is InChI=1S/C16H9Cl2N3O5/c17-11-3-9(4-12(18)6-11)16(23)26-8-15(22)20-14-2-1-13(21(24)25)5-10(14)7-19/h1-6H,8H2,(H,20,22). The highest BCUT2D eigenvalue weighted by Crippen LogP contribution is 2.22.